The second-order valence-corrected chi connectivity index (χ2v) is 9.86. The first-order valence-corrected chi connectivity index (χ1v) is 13.5. The summed E-state index contributed by atoms with van der Waals surface area (Å²) in [5.74, 6) is 0.403. The molecule has 1 aliphatic rings. The number of likely N-dealkylation sites (tertiary alicyclic amines) is 1. The minimum Gasteiger partial charge on any atom is -0.372 e. The quantitative estimate of drug-likeness (QED) is 0.117. The van der Waals surface area contributed by atoms with Gasteiger partial charge in [0.15, 0.2) is 5.82 Å². The maximum absolute atomic E-state index is 13.7. The van der Waals surface area contributed by atoms with Gasteiger partial charge in [-0.3, -0.25) is 9.88 Å². The smallest absolute Gasteiger partial charge is 0.372 e. The minimum atomic E-state index is -4.62. The molecule has 0 radical (unpaired) electrons. The number of piperidine rings is 1. The maximum Gasteiger partial charge on any atom is 0.484 e. The summed E-state index contributed by atoms with van der Waals surface area (Å²) in [6.07, 6.45) is -0.575. The molecule has 1 N–H and O–H groups in total. The number of benzene rings is 1. The van der Waals surface area contributed by atoms with Crippen molar-refractivity contribution in [3.8, 4) is 11.3 Å². The lowest BCUT2D eigenvalue weighted by Crippen LogP contribution is -2.32. The van der Waals surface area contributed by atoms with Crippen molar-refractivity contribution in [2.45, 2.75) is 45.3 Å². The fraction of sp³-hybridized carbons (Fsp3) is 0.414. The van der Waals surface area contributed by atoms with Crippen LogP contribution in [0.2, 0.25) is 0 Å². The number of alkyl halides is 6. The van der Waals surface area contributed by atoms with E-state index in [1.807, 2.05) is 0 Å². The van der Waals surface area contributed by atoms with Crippen LogP contribution in [0.1, 0.15) is 37.6 Å². The number of ether oxygens (including phenoxy) is 1. The van der Waals surface area contributed by atoms with Crippen LogP contribution in [0.25, 0.3) is 22.2 Å². The van der Waals surface area contributed by atoms with Crippen molar-refractivity contribution >= 4 is 16.7 Å². The Balaban J connectivity index is 1.70. The number of hydrogen-bond acceptors (Lipinski definition) is 7. The third-order valence-corrected chi connectivity index (χ3v) is 6.70. The second kappa shape index (κ2) is 13.5. The van der Waals surface area contributed by atoms with Crippen molar-refractivity contribution < 1.29 is 31.1 Å². The first-order valence-electron chi connectivity index (χ1n) is 13.5. The van der Waals surface area contributed by atoms with Crippen LogP contribution in [-0.4, -0.2) is 64.3 Å². The minimum absolute atomic E-state index is 0.00515. The summed E-state index contributed by atoms with van der Waals surface area (Å²) >= 11 is 0. The summed E-state index contributed by atoms with van der Waals surface area (Å²) in [5, 5.41) is 3.32. The molecule has 0 spiro atoms. The van der Waals surface area contributed by atoms with Crippen LogP contribution in [-0.2, 0) is 17.5 Å². The van der Waals surface area contributed by atoms with Crippen molar-refractivity contribution in [1.29, 1.82) is 0 Å². The van der Waals surface area contributed by atoms with Gasteiger partial charge in [-0.25, -0.2) is 9.97 Å². The van der Waals surface area contributed by atoms with Crippen LogP contribution >= 0.6 is 0 Å². The second-order valence-electron chi connectivity index (χ2n) is 9.86. The van der Waals surface area contributed by atoms with Crippen LogP contribution in [0.4, 0.5) is 32.2 Å². The van der Waals surface area contributed by atoms with Gasteiger partial charge in [0.2, 0.25) is 0 Å². The number of allylic oxidation sites excluding steroid dienone is 2. The lowest BCUT2D eigenvalue weighted by molar-refractivity contribution is -0.219. The number of hydrogen-bond donors (Lipinski definition) is 1. The predicted molar refractivity (Wildman–Crippen MR) is 148 cm³/mol. The van der Waals surface area contributed by atoms with E-state index in [0.717, 1.165) is 51.8 Å². The average molecular weight is 595 g/mol. The highest BCUT2D eigenvalue weighted by atomic mass is 19.4. The van der Waals surface area contributed by atoms with Gasteiger partial charge >= 0.3 is 12.5 Å². The molecule has 0 saturated carbocycles. The first kappa shape index (κ1) is 31.2. The Morgan fingerprint density at radius 3 is 2.52 bits per heavy atom. The molecule has 3 heterocycles. The van der Waals surface area contributed by atoms with Gasteiger partial charge in [-0.05, 0) is 63.2 Å². The molecule has 7 nitrogen and oxygen atoms in total. The van der Waals surface area contributed by atoms with Crippen LogP contribution in [0.15, 0.2) is 60.6 Å². The van der Waals surface area contributed by atoms with Gasteiger partial charge in [-0.1, -0.05) is 18.6 Å². The van der Waals surface area contributed by atoms with Gasteiger partial charge in [0, 0.05) is 36.9 Å². The normalized spacial score (nSPS) is 15.5. The molecule has 0 bridgehead atoms. The topological polar surface area (TPSA) is 66.4 Å². The molecular formula is C29H32F6N6O. The van der Waals surface area contributed by atoms with Gasteiger partial charge < -0.3 is 15.0 Å². The van der Waals surface area contributed by atoms with Crippen molar-refractivity contribution in [3.63, 3.8) is 0 Å². The third kappa shape index (κ3) is 8.19. The zero-order chi connectivity index (χ0) is 30.3. The summed E-state index contributed by atoms with van der Waals surface area (Å²) in [4.78, 5) is 15.4. The Hall–Kier alpha value is -3.71. The summed E-state index contributed by atoms with van der Waals surface area (Å²) in [7, 11) is 0.877. The van der Waals surface area contributed by atoms with Gasteiger partial charge in [0.05, 0.1) is 29.1 Å². The molecule has 0 atom stereocenters. The van der Waals surface area contributed by atoms with Gasteiger partial charge in [0.1, 0.15) is 12.4 Å². The summed E-state index contributed by atoms with van der Waals surface area (Å²) < 4.78 is 86.6. The highest BCUT2D eigenvalue weighted by Gasteiger charge is 2.34. The Morgan fingerprint density at radius 1 is 1.07 bits per heavy atom. The Bertz CT molecular complexity index is 1420. The molecule has 3 aromatic rings. The van der Waals surface area contributed by atoms with Gasteiger partial charge in [-0.2, -0.15) is 26.3 Å². The molecule has 0 unspecified atom stereocenters. The maximum atomic E-state index is 13.7. The summed E-state index contributed by atoms with van der Waals surface area (Å²) in [6, 6.07) is 6.59. The number of nitrogens with zero attached hydrogens (tertiary/aromatic N) is 5. The molecule has 0 amide bonds. The molecule has 42 heavy (non-hydrogen) atoms. The fourth-order valence-corrected chi connectivity index (χ4v) is 4.60. The number of rotatable bonds is 10. The first-order chi connectivity index (χ1) is 20.0. The fourth-order valence-electron chi connectivity index (χ4n) is 4.60. The standard InChI is InChI=1S/C29H32F6N6O/c1-3-8-21(18-40(2)29(33,34)35)37-27-22-11-10-20(26-23(28(30,31)32)9-7-12-36-26)17-24(22)38-25(39-27)19-42-16-15-41-13-5-4-6-14-41/h3,7-12,17-18H,4-6,13-16,19H2,1-2H3,(H,37,38,39)/b8-3-,21-18+. The van der Waals surface area contributed by atoms with E-state index in [2.05, 4.69) is 25.2 Å². The monoisotopic (exact) mass is 594 g/mol. The number of anilines is 1. The molecule has 2 aromatic heterocycles. The molecule has 1 aliphatic heterocycles. The molecule has 13 heteroatoms. The molecular weight excluding hydrogens is 562 g/mol. The highest BCUT2D eigenvalue weighted by molar-refractivity contribution is 5.92. The number of nitrogens with one attached hydrogen (secondary N) is 1. The molecule has 226 valence electrons. The predicted octanol–water partition coefficient (Wildman–Crippen LogP) is 6.99. The molecule has 1 aromatic carbocycles. The molecule has 0 aliphatic carbocycles. The summed E-state index contributed by atoms with van der Waals surface area (Å²) in [5.41, 5.74) is -0.616. The zero-order valence-corrected chi connectivity index (χ0v) is 23.3. The van der Waals surface area contributed by atoms with E-state index < -0.39 is 18.0 Å². The number of aromatic nitrogens is 3. The average Bonchev–Trinajstić information content (AvgIpc) is 2.95. The highest BCUT2D eigenvalue weighted by Crippen LogP contribution is 2.37. The van der Waals surface area contributed by atoms with Gasteiger partial charge in [-0.15, -0.1) is 0 Å². The van der Waals surface area contributed by atoms with E-state index in [0.29, 0.717) is 12.0 Å². The molecule has 4 rings (SSSR count). The largest absolute Gasteiger partial charge is 0.484 e. The van der Waals surface area contributed by atoms with Gasteiger partial charge in [0.25, 0.3) is 0 Å². The zero-order valence-electron chi connectivity index (χ0n) is 23.3. The van der Waals surface area contributed by atoms with Crippen LogP contribution in [0.5, 0.6) is 0 Å². The van der Waals surface area contributed by atoms with E-state index in [-0.39, 0.29) is 45.6 Å². The van der Waals surface area contributed by atoms with Crippen LogP contribution in [0, 0.1) is 0 Å². The third-order valence-electron chi connectivity index (χ3n) is 6.70. The van der Waals surface area contributed by atoms with E-state index in [9.17, 15) is 26.3 Å². The van der Waals surface area contributed by atoms with E-state index in [1.165, 1.54) is 43.0 Å². The Labute approximate surface area is 239 Å². The lowest BCUT2D eigenvalue weighted by Gasteiger charge is -2.26. The Morgan fingerprint density at radius 2 is 1.83 bits per heavy atom. The van der Waals surface area contributed by atoms with Crippen molar-refractivity contribution in [3.05, 3.63) is 72.0 Å². The van der Waals surface area contributed by atoms with E-state index >= 15 is 0 Å². The van der Waals surface area contributed by atoms with Crippen molar-refractivity contribution in [2.75, 3.05) is 38.6 Å². The number of halogens is 6. The summed E-state index contributed by atoms with van der Waals surface area (Å²) in [6.45, 7) is 4.83. The number of fused-ring (bicyclic) bond motifs is 1. The lowest BCUT2D eigenvalue weighted by atomic mass is 10.0. The van der Waals surface area contributed by atoms with Crippen LogP contribution < -0.4 is 5.32 Å². The van der Waals surface area contributed by atoms with Crippen LogP contribution in [0.3, 0.4) is 0 Å². The van der Waals surface area contributed by atoms with E-state index in [1.54, 1.807) is 13.0 Å². The Kier molecular flexibility index (Phi) is 10.0. The van der Waals surface area contributed by atoms with E-state index in [4.69, 9.17) is 4.74 Å². The molecule has 1 fully saturated rings. The van der Waals surface area contributed by atoms with Crippen molar-refractivity contribution in [1.82, 2.24) is 24.8 Å². The number of pyridine rings is 1. The van der Waals surface area contributed by atoms with Crippen molar-refractivity contribution in [2.24, 2.45) is 0 Å². The SMILES string of the molecule is C/C=C\C(=C/N(C)C(F)(F)F)Nc1nc(COCCN2CCCCC2)nc2cc(-c3ncccc3C(F)(F)F)ccc12. The molecule has 1 saturated heterocycles.